The van der Waals surface area contributed by atoms with E-state index in [9.17, 15) is 24.3 Å². The molecule has 0 spiro atoms. The van der Waals surface area contributed by atoms with Crippen molar-refractivity contribution in [1.29, 1.82) is 0 Å². The highest BCUT2D eigenvalue weighted by Crippen LogP contribution is 2.37. The molecule has 226 valence electrons. The van der Waals surface area contributed by atoms with Crippen LogP contribution in [0.3, 0.4) is 0 Å². The first-order valence-corrected chi connectivity index (χ1v) is 13.6. The molecule has 0 unspecified atom stereocenters. The number of carboxylic acids is 1. The molecule has 4 rings (SSSR count). The Morgan fingerprint density at radius 1 is 0.977 bits per heavy atom. The number of benzene rings is 2. The van der Waals surface area contributed by atoms with Gasteiger partial charge in [-0.3, -0.25) is 19.4 Å². The largest absolute Gasteiger partial charge is 0.480 e. The minimum atomic E-state index is -1.22. The Balaban J connectivity index is 1.34. The zero-order valence-corrected chi connectivity index (χ0v) is 23.9. The highest BCUT2D eigenvalue weighted by molar-refractivity contribution is 6.11. The van der Waals surface area contributed by atoms with Crippen LogP contribution < -0.4 is 36.9 Å². The summed E-state index contributed by atoms with van der Waals surface area (Å²) in [6.07, 6.45) is 0.436. The fraction of sp³-hybridized carbons (Fsp3) is 0.310. The molecule has 4 aromatic rings. The van der Waals surface area contributed by atoms with E-state index in [1.54, 1.807) is 11.9 Å². The quantitative estimate of drug-likeness (QED) is 0.0528. The number of hydrogen-bond acceptors (Lipinski definition) is 7. The SMILES string of the molecule is CN(CC(=O)NCC(=O)NCC(=O)N[C@@H](CCCN=C(N)N)C(=O)O)c1c2ccccc2[n+](C)c2c1oc1ccccc12. The van der Waals surface area contributed by atoms with Gasteiger partial charge in [-0.2, -0.15) is 4.57 Å². The van der Waals surface area contributed by atoms with Gasteiger partial charge in [0.25, 0.3) is 5.52 Å². The van der Waals surface area contributed by atoms with E-state index in [0.717, 1.165) is 33.1 Å². The predicted molar refractivity (Wildman–Crippen MR) is 161 cm³/mol. The second kappa shape index (κ2) is 13.5. The molecule has 43 heavy (non-hydrogen) atoms. The number of carbonyl (C=O) groups is 4. The van der Waals surface area contributed by atoms with Crippen molar-refractivity contribution >= 4 is 68.3 Å². The number of aromatic nitrogens is 1. The minimum absolute atomic E-state index is 0.0717. The second-order valence-electron chi connectivity index (χ2n) is 10.0. The summed E-state index contributed by atoms with van der Waals surface area (Å²) in [5, 5.41) is 18.4. The van der Waals surface area contributed by atoms with Crippen LogP contribution in [0.25, 0.3) is 33.0 Å². The third kappa shape index (κ3) is 7.28. The number of aryl methyl sites for hydroxylation is 1. The van der Waals surface area contributed by atoms with E-state index in [1.807, 2.05) is 55.6 Å². The van der Waals surface area contributed by atoms with E-state index in [4.69, 9.17) is 15.9 Å². The number of furan rings is 1. The molecule has 0 aliphatic heterocycles. The Morgan fingerprint density at radius 3 is 2.35 bits per heavy atom. The summed E-state index contributed by atoms with van der Waals surface area (Å²) in [7, 11) is 3.74. The monoisotopic (exact) mass is 591 g/mol. The van der Waals surface area contributed by atoms with Crippen molar-refractivity contribution < 1.29 is 33.3 Å². The summed E-state index contributed by atoms with van der Waals surface area (Å²) < 4.78 is 8.33. The summed E-state index contributed by atoms with van der Waals surface area (Å²) in [4.78, 5) is 54.3. The first-order valence-electron chi connectivity index (χ1n) is 13.6. The third-order valence-corrected chi connectivity index (χ3v) is 6.87. The van der Waals surface area contributed by atoms with Gasteiger partial charge in [0.2, 0.25) is 28.8 Å². The molecule has 0 aliphatic rings. The molecule has 3 amide bonds. The number of anilines is 1. The average molecular weight is 592 g/mol. The van der Waals surface area contributed by atoms with Crippen molar-refractivity contribution in [2.45, 2.75) is 18.9 Å². The number of amides is 3. The fourth-order valence-corrected chi connectivity index (χ4v) is 4.89. The van der Waals surface area contributed by atoms with Gasteiger partial charge in [0.05, 0.1) is 30.4 Å². The van der Waals surface area contributed by atoms with Gasteiger partial charge in [-0.1, -0.05) is 24.3 Å². The number of aliphatic carboxylic acids is 1. The Bertz CT molecular complexity index is 1710. The van der Waals surface area contributed by atoms with Crippen molar-refractivity contribution in [1.82, 2.24) is 16.0 Å². The lowest BCUT2D eigenvalue weighted by molar-refractivity contribution is -0.616. The Kier molecular flexibility index (Phi) is 9.60. The molecular formula is C29H35N8O6+. The number of rotatable bonds is 13. The molecule has 2 heterocycles. The van der Waals surface area contributed by atoms with E-state index < -0.39 is 36.3 Å². The van der Waals surface area contributed by atoms with Crippen LogP contribution in [0.2, 0.25) is 0 Å². The molecule has 0 saturated heterocycles. The van der Waals surface area contributed by atoms with Crippen LogP contribution in [0, 0.1) is 0 Å². The van der Waals surface area contributed by atoms with Crippen molar-refractivity contribution in [2.24, 2.45) is 23.5 Å². The highest BCUT2D eigenvalue weighted by atomic mass is 16.4. The smallest absolute Gasteiger partial charge is 0.326 e. The van der Waals surface area contributed by atoms with E-state index in [0.29, 0.717) is 12.0 Å². The van der Waals surface area contributed by atoms with Crippen LogP contribution in [0.4, 0.5) is 5.69 Å². The zero-order valence-electron chi connectivity index (χ0n) is 23.9. The molecule has 14 heteroatoms. The maximum absolute atomic E-state index is 12.8. The highest BCUT2D eigenvalue weighted by Gasteiger charge is 2.27. The van der Waals surface area contributed by atoms with Crippen LogP contribution >= 0.6 is 0 Å². The Labute approximate surface area is 246 Å². The van der Waals surface area contributed by atoms with E-state index >= 15 is 0 Å². The van der Waals surface area contributed by atoms with Crippen LogP contribution in [0.15, 0.2) is 57.9 Å². The summed E-state index contributed by atoms with van der Waals surface area (Å²) in [6, 6.07) is 14.4. The maximum atomic E-state index is 12.8. The molecule has 0 radical (unpaired) electrons. The van der Waals surface area contributed by atoms with Crippen molar-refractivity contribution in [3.05, 3.63) is 48.5 Å². The lowest BCUT2D eigenvalue weighted by Crippen LogP contribution is -2.47. The number of aliphatic imine (C=N–C) groups is 1. The van der Waals surface area contributed by atoms with Gasteiger partial charge in [-0.15, -0.1) is 0 Å². The summed E-state index contributed by atoms with van der Waals surface area (Å²) in [6.45, 7) is -0.678. The molecule has 0 fully saturated rings. The van der Waals surface area contributed by atoms with E-state index in [-0.39, 0.29) is 32.0 Å². The molecule has 2 aromatic carbocycles. The first-order chi connectivity index (χ1) is 20.6. The average Bonchev–Trinajstić information content (AvgIpc) is 3.36. The van der Waals surface area contributed by atoms with Gasteiger partial charge in [0.1, 0.15) is 24.4 Å². The summed E-state index contributed by atoms with van der Waals surface area (Å²) in [5.74, 6) is -3.05. The van der Waals surface area contributed by atoms with Crippen LogP contribution in [0.5, 0.6) is 0 Å². The maximum Gasteiger partial charge on any atom is 0.326 e. The van der Waals surface area contributed by atoms with E-state index in [1.165, 1.54) is 0 Å². The molecule has 0 aliphatic carbocycles. The molecule has 1 atom stereocenters. The molecule has 8 N–H and O–H groups in total. The van der Waals surface area contributed by atoms with E-state index in [2.05, 4.69) is 25.5 Å². The molecule has 0 saturated carbocycles. The molecule has 0 bridgehead atoms. The van der Waals surface area contributed by atoms with Crippen LogP contribution in [-0.4, -0.2) is 74.0 Å². The topological polar surface area (TPSA) is 209 Å². The van der Waals surface area contributed by atoms with Gasteiger partial charge in [0.15, 0.2) is 5.96 Å². The Morgan fingerprint density at radius 2 is 1.63 bits per heavy atom. The first kappa shape index (κ1) is 30.6. The van der Waals surface area contributed by atoms with Gasteiger partial charge in [-0.05, 0) is 31.0 Å². The number of nitrogens with two attached hydrogens (primary N) is 2. The number of para-hydroxylation sites is 2. The predicted octanol–water partition coefficient (Wildman–Crippen LogP) is -0.145. The number of nitrogens with zero attached hydrogens (tertiary/aromatic N) is 3. The minimum Gasteiger partial charge on any atom is -0.480 e. The van der Waals surface area contributed by atoms with Crippen molar-refractivity contribution in [3.8, 4) is 0 Å². The van der Waals surface area contributed by atoms with Crippen LogP contribution in [0.1, 0.15) is 12.8 Å². The molecule has 2 aromatic heterocycles. The fourth-order valence-electron chi connectivity index (χ4n) is 4.89. The number of carbonyl (C=O) groups excluding carboxylic acids is 3. The van der Waals surface area contributed by atoms with Crippen molar-refractivity contribution in [2.75, 3.05) is 38.1 Å². The number of guanidine groups is 1. The number of pyridine rings is 1. The molecule has 14 nitrogen and oxygen atoms in total. The van der Waals surface area contributed by atoms with Gasteiger partial charge >= 0.3 is 5.97 Å². The Hall–Kier alpha value is -5.40. The van der Waals surface area contributed by atoms with Gasteiger partial charge in [0, 0.05) is 19.7 Å². The normalized spacial score (nSPS) is 11.7. The standard InChI is InChI=1S/C29H34N8O6/c1-36(25-17-8-3-5-11-20(17)37(2)26-18-9-4-6-12-21(18)43-27(25)26)16-24(40)34-14-22(38)33-15-23(39)35-19(28(41)42)10-7-13-32-29(30)31/h3-6,8-9,11-12,19H,7,10,13-16H2,1-2H3,(H7-,30,31,32,33,34,35,38,39,40,41,42)/p+1/t19-/m0/s1. The lowest BCUT2D eigenvalue weighted by Gasteiger charge is -2.20. The summed E-state index contributed by atoms with van der Waals surface area (Å²) in [5.41, 5.74) is 14.4. The number of likely N-dealkylation sites (N-methyl/N-ethyl adjacent to an activating group) is 1. The summed E-state index contributed by atoms with van der Waals surface area (Å²) >= 11 is 0. The second-order valence-corrected chi connectivity index (χ2v) is 10.0. The third-order valence-electron chi connectivity index (χ3n) is 6.87. The molecular weight excluding hydrogens is 556 g/mol. The lowest BCUT2D eigenvalue weighted by atomic mass is 10.1. The van der Waals surface area contributed by atoms with Gasteiger partial charge < -0.3 is 41.8 Å². The van der Waals surface area contributed by atoms with Gasteiger partial charge in [-0.25, -0.2) is 4.79 Å². The number of hydrogen-bond donors (Lipinski definition) is 6. The zero-order chi connectivity index (χ0) is 31.1. The number of carboxylic acid groups (broad SMARTS) is 1. The number of nitrogens with one attached hydrogen (secondary N) is 3. The number of fused-ring (bicyclic) bond motifs is 4. The van der Waals surface area contributed by atoms with Crippen LogP contribution in [-0.2, 0) is 26.2 Å². The van der Waals surface area contributed by atoms with Crippen molar-refractivity contribution in [3.63, 3.8) is 0 Å².